The summed E-state index contributed by atoms with van der Waals surface area (Å²) >= 11 is 6.08. The van der Waals surface area contributed by atoms with Crippen molar-refractivity contribution in [3.05, 3.63) is 87.3 Å². The van der Waals surface area contributed by atoms with Gasteiger partial charge in [-0.15, -0.1) is 0 Å². The molecule has 4 aromatic rings. The van der Waals surface area contributed by atoms with Crippen molar-refractivity contribution >= 4 is 23.2 Å². The van der Waals surface area contributed by atoms with Crippen LogP contribution in [-0.4, -0.2) is 25.5 Å². The van der Waals surface area contributed by atoms with Crippen molar-refractivity contribution in [3.63, 3.8) is 0 Å². The van der Waals surface area contributed by atoms with Crippen molar-refractivity contribution in [1.82, 2.24) is 19.6 Å². The summed E-state index contributed by atoms with van der Waals surface area (Å²) in [6.07, 6.45) is 0. The maximum Gasteiger partial charge on any atom is 0.291 e. The molecule has 0 aliphatic rings. The van der Waals surface area contributed by atoms with E-state index >= 15 is 0 Å². The van der Waals surface area contributed by atoms with Crippen LogP contribution in [0.3, 0.4) is 0 Å². The molecule has 1 amide bonds. The van der Waals surface area contributed by atoms with Crippen LogP contribution in [0.25, 0.3) is 0 Å². The van der Waals surface area contributed by atoms with E-state index in [0.29, 0.717) is 29.6 Å². The molecule has 0 saturated carbocycles. The van der Waals surface area contributed by atoms with Gasteiger partial charge in [-0.2, -0.15) is 10.2 Å². The first-order valence-corrected chi connectivity index (χ1v) is 10.4. The minimum Gasteiger partial charge on any atom is -0.454 e. The minimum absolute atomic E-state index is 0.248. The number of hydrogen-bond donors (Lipinski definition) is 1. The van der Waals surface area contributed by atoms with Gasteiger partial charge in [0.1, 0.15) is 5.76 Å². The Balaban J connectivity index is 1.48. The molecule has 31 heavy (non-hydrogen) atoms. The molecule has 3 heterocycles. The Kier molecular flexibility index (Phi) is 5.69. The van der Waals surface area contributed by atoms with Crippen LogP contribution in [0.5, 0.6) is 0 Å². The Labute approximate surface area is 185 Å². The van der Waals surface area contributed by atoms with E-state index in [-0.39, 0.29) is 11.7 Å². The molecule has 0 radical (unpaired) electrons. The smallest absolute Gasteiger partial charge is 0.291 e. The van der Waals surface area contributed by atoms with Crippen LogP contribution in [0.4, 0.5) is 5.69 Å². The first-order valence-electron chi connectivity index (χ1n) is 9.99. The molecule has 0 aliphatic carbocycles. The van der Waals surface area contributed by atoms with Crippen LogP contribution in [0.1, 0.15) is 44.7 Å². The summed E-state index contributed by atoms with van der Waals surface area (Å²) in [5.41, 5.74) is 5.31. The van der Waals surface area contributed by atoms with Crippen molar-refractivity contribution in [2.24, 2.45) is 0 Å². The van der Waals surface area contributed by atoms with Crippen LogP contribution in [-0.2, 0) is 13.1 Å². The highest BCUT2D eigenvalue weighted by Gasteiger charge is 2.18. The van der Waals surface area contributed by atoms with Crippen LogP contribution in [0.15, 0.2) is 46.9 Å². The molecule has 160 valence electrons. The zero-order valence-electron chi connectivity index (χ0n) is 17.9. The number of hydrogen-bond acceptors (Lipinski definition) is 4. The first kappa shape index (κ1) is 20.9. The molecule has 1 aromatic carbocycles. The molecule has 0 saturated heterocycles. The summed E-state index contributed by atoms with van der Waals surface area (Å²) in [7, 11) is 0. The minimum atomic E-state index is -0.312. The normalized spacial score (nSPS) is 11.1. The van der Waals surface area contributed by atoms with E-state index in [4.69, 9.17) is 16.0 Å². The number of furan rings is 1. The van der Waals surface area contributed by atoms with Gasteiger partial charge in [0.15, 0.2) is 5.76 Å². The highest BCUT2D eigenvalue weighted by molar-refractivity contribution is 6.30. The standard InChI is InChI=1S/C23H24ClN5O2/c1-14-10-15(2)28(26-14)13-20-8-9-21(31-20)23(30)25-22-16(3)27-29(17(22)4)12-18-6-5-7-19(24)11-18/h5-11H,12-13H2,1-4H3,(H,25,30). The molecule has 0 atom stereocenters. The lowest BCUT2D eigenvalue weighted by Gasteiger charge is -2.07. The number of aromatic nitrogens is 4. The highest BCUT2D eigenvalue weighted by atomic mass is 35.5. The molecule has 0 bridgehead atoms. The van der Waals surface area contributed by atoms with E-state index in [0.717, 1.165) is 28.3 Å². The van der Waals surface area contributed by atoms with Crippen LogP contribution >= 0.6 is 11.6 Å². The number of nitrogens with zero attached hydrogens (tertiary/aromatic N) is 4. The van der Waals surface area contributed by atoms with Gasteiger partial charge in [0.25, 0.3) is 5.91 Å². The topological polar surface area (TPSA) is 77.9 Å². The first-order chi connectivity index (χ1) is 14.8. The number of anilines is 1. The second-order valence-electron chi connectivity index (χ2n) is 7.64. The van der Waals surface area contributed by atoms with E-state index in [1.807, 2.05) is 67.4 Å². The molecule has 0 spiro atoms. The lowest BCUT2D eigenvalue weighted by molar-refractivity contribution is 0.0994. The van der Waals surface area contributed by atoms with Gasteiger partial charge in [-0.3, -0.25) is 14.2 Å². The average molecular weight is 438 g/mol. The highest BCUT2D eigenvalue weighted by Crippen LogP contribution is 2.22. The predicted molar refractivity (Wildman–Crippen MR) is 120 cm³/mol. The third-order valence-corrected chi connectivity index (χ3v) is 5.37. The third kappa shape index (κ3) is 4.56. The van der Waals surface area contributed by atoms with Crippen LogP contribution in [0.2, 0.25) is 5.02 Å². The summed E-state index contributed by atoms with van der Waals surface area (Å²) in [6, 6.07) is 13.1. The number of aryl methyl sites for hydroxylation is 3. The maximum absolute atomic E-state index is 12.8. The van der Waals surface area contributed by atoms with Crippen molar-refractivity contribution in [2.75, 3.05) is 5.32 Å². The van der Waals surface area contributed by atoms with E-state index in [2.05, 4.69) is 15.5 Å². The third-order valence-electron chi connectivity index (χ3n) is 5.14. The number of benzene rings is 1. The fraction of sp³-hybridized carbons (Fsp3) is 0.261. The Morgan fingerprint density at radius 3 is 2.55 bits per heavy atom. The Morgan fingerprint density at radius 2 is 1.84 bits per heavy atom. The van der Waals surface area contributed by atoms with Gasteiger partial charge in [-0.05, 0) is 63.6 Å². The SMILES string of the molecule is Cc1cc(C)n(Cc2ccc(C(=O)Nc3c(C)nn(Cc4cccc(Cl)c4)c3C)o2)n1. The largest absolute Gasteiger partial charge is 0.454 e. The quantitative estimate of drug-likeness (QED) is 0.465. The lowest BCUT2D eigenvalue weighted by Crippen LogP contribution is -2.12. The molecule has 0 aliphatic heterocycles. The van der Waals surface area contributed by atoms with Crippen molar-refractivity contribution < 1.29 is 9.21 Å². The number of halogens is 1. The van der Waals surface area contributed by atoms with Gasteiger partial charge in [0.05, 0.1) is 35.9 Å². The molecule has 8 heteroatoms. The summed E-state index contributed by atoms with van der Waals surface area (Å²) in [5, 5.41) is 12.6. The monoisotopic (exact) mass is 437 g/mol. The van der Waals surface area contributed by atoms with Gasteiger partial charge >= 0.3 is 0 Å². The molecule has 0 unspecified atom stereocenters. The maximum atomic E-state index is 12.8. The summed E-state index contributed by atoms with van der Waals surface area (Å²) in [5.74, 6) is 0.604. The number of carbonyl (C=O) groups excluding carboxylic acids is 1. The van der Waals surface area contributed by atoms with Crippen molar-refractivity contribution in [2.45, 2.75) is 40.8 Å². The summed E-state index contributed by atoms with van der Waals surface area (Å²) in [4.78, 5) is 12.8. The van der Waals surface area contributed by atoms with Gasteiger partial charge in [0.2, 0.25) is 0 Å². The molecule has 4 rings (SSSR count). The van der Waals surface area contributed by atoms with Crippen molar-refractivity contribution in [3.8, 4) is 0 Å². The second kappa shape index (κ2) is 8.43. The number of carbonyl (C=O) groups is 1. The molecule has 7 nitrogen and oxygen atoms in total. The zero-order valence-corrected chi connectivity index (χ0v) is 18.7. The molecule has 3 aromatic heterocycles. The summed E-state index contributed by atoms with van der Waals surface area (Å²) < 4.78 is 9.47. The molecule has 1 N–H and O–H groups in total. The van der Waals surface area contributed by atoms with Gasteiger partial charge < -0.3 is 9.73 Å². The Hall–Kier alpha value is -3.32. The predicted octanol–water partition coefficient (Wildman–Crippen LogP) is 4.91. The van der Waals surface area contributed by atoms with Gasteiger partial charge in [-0.25, -0.2) is 0 Å². The molecular weight excluding hydrogens is 414 g/mol. The fourth-order valence-electron chi connectivity index (χ4n) is 3.58. The van der Waals surface area contributed by atoms with E-state index in [1.54, 1.807) is 12.1 Å². The van der Waals surface area contributed by atoms with E-state index in [9.17, 15) is 4.79 Å². The van der Waals surface area contributed by atoms with Crippen LogP contribution in [0, 0.1) is 27.7 Å². The molecular formula is C23H24ClN5O2. The van der Waals surface area contributed by atoms with E-state index in [1.165, 1.54) is 0 Å². The van der Waals surface area contributed by atoms with Gasteiger partial charge in [0, 0.05) is 10.7 Å². The number of nitrogens with one attached hydrogen (secondary N) is 1. The number of amides is 1. The Morgan fingerprint density at radius 1 is 1.03 bits per heavy atom. The fourth-order valence-corrected chi connectivity index (χ4v) is 3.80. The lowest BCUT2D eigenvalue weighted by atomic mass is 10.2. The van der Waals surface area contributed by atoms with E-state index < -0.39 is 0 Å². The Bertz CT molecular complexity index is 1250. The number of rotatable bonds is 6. The summed E-state index contributed by atoms with van der Waals surface area (Å²) in [6.45, 7) is 8.77. The van der Waals surface area contributed by atoms with Crippen LogP contribution < -0.4 is 5.32 Å². The van der Waals surface area contributed by atoms with Crippen molar-refractivity contribution in [1.29, 1.82) is 0 Å². The molecule has 0 fully saturated rings. The second-order valence-corrected chi connectivity index (χ2v) is 8.07. The average Bonchev–Trinajstić information content (AvgIpc) is 3.37. The zero-order chi connectivity index (χ0) is 22.1. The van der Waals surface area contributed by atoms with Gasteiger partial charge in [-0.1, -0.05) is 23.7 Å².